The maximum Gasteiger partial charge on any atom is 0.410 e. The quantitative estimate of drug-likeness (QED) is 0.603. The smallest absolute Gasteiger partial charge is 0.410 e. The predicted molar refractivity (Wildman–Crippen MR) is 85.3 cm³/mol. The van der Waals surface area contributed by atoms with Crippen molar-refractivity contribution in [2.75, 3.05) is 19.6 Å². The minimum absolute atomic E-state index is 0.160. The number of nitrogens with one attached hydrogen (secondary N) is 1. The molecule has 0 aliphatic heterocycles. The fourth-order valence-corrected chi connectivity index (χ4v) is 2.68. The molecule has 2 aliphatic carbocycles. The van der Waals surface area contributed by atoms with Crippen LogP contribution in [0.15, 0.2) is 12.2 Å². The number of allylic oxidation sites excluding steroid dienone is 2. The monoisotopic (exact) mass is 294 g/mol. The first-order valence-corrected chi connectivity index (χ1v) is 8.31. The van der Waals surface area contributed by atoms with E-state index in [0.29, 0.717) is 6.04 Å². The second-order valence-electron chi connectivity index (χ2n) is 7.26. The van der Waals surface area contributed by atoms with Crippen LogP contribution in [-0.4, -0.2) is 42.3 Å². The van der Waals surface area contributed by atoms with Crippen molar-refractivity contribution in [3.05, 3.63) is 12.2 Å². The summed E-state index contributed by atoms with van der Waals surface area (Å²) >= 11 is 0. The van der Waals surface area contributed by atoms with Gasteiger partial charge in [-0.1, -0.05) is 12.2 Å². The summed E-state index contributed by atoms with van der Waals surface area (Å²) in [5, 5.41) is 3.50. The van der Waals surface area contributed by atoms with E-state index in [9.17, 15) is 4.79 Å². The highest BCUT2D eigenvalue weighted by molar-refractivity contribution is 5.69. The summed E-state index contributed by atoms with van der Waals surface area (Å²) in [6.45, 7) is 8.43. The Labute approximate surface area is 128 Å². The van der Waals surface area contributed by atoms with Gasteiger partial charge in [0.25, 0.3) is 0 Å². The van der Waals surface area contributed by atoms with Crippen molar-refractivity contribution in [2.24, 2.45) is 5.92 Å². The molecule has 0 aromatic carbocycles. The summed E-state index contributed by atoms with van der Waals surface area (Å²) in [4.78, 5) is 14.1. The van der Waals surface area contributed by atoms with Crippen molar-refractivity contribution in [1.29, 1.82) is 0 Å². The van der Waals surface area contributed by atoms with Crippen LogP contribution in [-0.2, 0) is 4.74 Å². The van der Waals surface area contributed by atoms with E-state index in [4.69, 9.17) is 4.74 Å². The van der Waals surface area contributed by atoms with Gasteiger partial charge >= 0.3 is 6.09 Å². The van der Waals surface area contributed by atoms with Crippen LogP contribution in [0.1, 0.15) is 52.9 Å². The highest BCUT2D eigenvalue weighted by atomic mass is 16.6. The Hall–Kier alpha value is -1.03. The zero-order chi connectivity index (χ0) is 15.3. The van der Waals surface area contributed by atoms with Gasteiger partial charge in [-0.25, -0.2) is 4.79 Å². The number of hydrogen-bond donors (Lipinski definition) is 1. The molecule has 21 heavy (non-hydrogen) atoms. The Kier molecular flexibility index (Phi) is 5.68. The van der Waals surface area contributed by atoms with E-state index >= 15 is 0 Å². The summed E-state index contributed by atoms with van der Waals surface area (Å²) in [5.41, 5.74) is -0.411. The van der Waals surface area contributed by atoms with Crippen molar-refractivity contribution in [2.45, 2.75) is 64.5 Å². The molecule has 1 atom stereocenters. The van der Waals surface area contributed by atoms with E-state index in [1.165, 1.54) is 19.3 Å². The highest BCUT2D eigenvalue weighted by Crippen LogP contribution is 2.28. The number of ether oxygens (including phenoxy) is 1. The first-order chi connectivity index (χ1) is 9.96. The van der Waals surface area contributed by atoms with Gasteiger partial charge in [0.2, 0.25) is 0 Å². The summed E-state index contributed by atoms with van der Waals surface area (Å²) in [7, 11) is 0. The van der Waals surface area contributed by atoms with Gasteiger partial charge in [-0.15, -0.1) is 0 Å². The molecule has 1 N–H and O–H groups in total. The molecular formula is C17H30N2O2. The number of nitrogens with zero attached hydrogens (tertiary/aromatic N) is 1. The molecule has 120 valence electrons. The van der Waals surface area contributed by atoms with Crippen LogP contribution in [0.25, 0.3) is 0 Å². The summed E-state index contributed by atoms with van der Waals surface area (Å²) in [6, 6.07) is 0.402. The molecule has 1 saturated carbocycles. The molecule has 0 bridgehead atoms. The van der Waals surface area contributed by atoms with E-state index in [1.54, 1.807) is 0 Å². The molecule has 0 spiro atoms. The summed E-state index contributed by atoms with van der Waals surface area (Å²) in [5.74, 6) is 0.755. The van der Waals surface area contributed by atoms with E-state index in [-0.39, 0.29) is 6.09 Å². The second-order valence-corrected chi connectivity index (χ2v) is 7.26. The second kappa shape index (κ2) is 7.30. The average Bonchev–Trinajstić information content (AvgIpc) is 3.22. The van der Waals surface area contributed by atoms with Crippen LogP contribution in [0.3, 0.4) is 0 Å². The average molecular weight is 294 g/mol. The lowest BCUT2D eigenvalue weighted by Crippen LogP contribution is -2.42. The molecule has 2 rings (SSSR count). The Morgan fingerprint density at radius 2 is 2.05 bits per heavy atom. The summed E-state index contributed by atoms with van der Waals surface area (Å²) < 4.78 is 5.50. The molecule has 0 saturated heterocycles. The molecule has 1 unspecified atom stereocenters. The maximum atomic E-state index is 12.2. The number of carbonyl (C=O) groups is 1. The Morgan fingerprint density at radius 1 is 1.29 bits per heavy atom. The minimum atomic E-state index is -0.411. The number of carbonyl (C=O) groups excluding carboxylic acids is 1. The topological polar surface area (TPSA) is 41.6 Å². The first kappa shape index (κ1) is 16.3. The standard InChI is InChI=1S/C17H30N2O2/c1-17(2,3)21-16(20)19(15-9-10-15)12-11-18-13-14-7-5-4-6-8-14/h4-5,14-15,18H,6-13H2,1-3H3. The Balaban J connectivity index is 1.68. The van der Waals surface area contributed by atoms with Crippen molar-refractivity contribution >= 4 is 6.09 Å². The van der Waals surface area contributed by atoms with Gasteiger partial charge in [0.1, 0.15) is 5.60 Å². The molecule has 0 radical (unpaired) electrons. The maximum absolute atomic E-state index is 12.2. The van der Waals surface area contributed by atoms with Gasteiger partial charge in [-0.05, 0) is 65.3 Å². The lowest BCUT2D eigenvalue weighted by molar-refractivity contribution is 0.0235. The fourth-order valence-electron chi connectivity index (χ4n) is 2.68. The first-order valence-electron chi connectivity index (χ1n) is 8.31. The molecule has 1 fully saturated rings. The van der Waals surface area contributed by atoms with Gasteiger partial charge in [0.15, 0.2) is 0 Å². The van der Waals surface area contributed by atoms with Crippen LogP contribution < -0.4 is 5.32 Å². The van der Waals surface area contributed by atoms with Gasteiger partial charge in [-0.3, -0.25) is 0 Å². The number of hydrogen-bond acceptors (Lipinski definition) is 3. The molecule has 4 nitrogen and oxygen atoms in total. The van der Waals surface area contributed by atoms with Gasteiger partial charge < -0.3 is 15.0 Å². The predicted octanol–water partition coefficient (Wildman–Crippen LogP) is 3.33. The Morgan fingerprint density at radius 3 is 2.62 bits per heavy atom. The number of rotatable bonds is 6. The van der Waals surface area contributed by atoms with Crippen molar-refractivity contribution in [3.63, 3.8) is 0 Å². The minimum Gasteiger partial charge on any atom is -0.444 e. The molecule has 2 aliphatic rings. The van der Waals surface area contributed by atoms with Crippen LogP contribution in [0.4, 0.5) is 4.79 Å². The molecule has 0 heterocycles. The van der Waals surface area contributed by atoms with Crippen molar-refractivity contribution < 1.29 is 9.53 Å². The van der Waals surface area contributed by atoms with E-state index < -0.39 is 5.60 Å². The third-order valence-corrected chi connectivity index (χ3v) is 3.96. The van der Waals surface area contributed by atoms with E-state index in [1.807, 2.05) is 25.7 Å². The van der Waals surface area contributed by atoms with Crippen LogP contribution in [0.5, 0.6) is 0 Å². The normalized spacial score (nSPS) is 22.1. The lowest BCUT2D eigenvalue weighted by atomic mass is 9.94. The van der Waals surface area contributed by atoms with Crippen molar-refractivity contribution in [1.82, 2.24) is 10.2 Å². The number of amides is 1. The molecule has 4 heteroatoms. The van der Waals surface area contributed by atoms with E-state index in [0.717, 1.165) is 38.4 Å². The lowest BCUT2D eigenvalue weighted by Gasteiger charge is -2.28. The zero-order valence-electron chi connectivity index (χ0n) is 13.7. The fraction of sp³-hybridized carbons (Fsp3) is 0.824. The largest absolute Gasteiger partial charge is 0.444 e. The molecular weight excluding hydrogens is 264 g/mol. The van der Waals surface area contributed by atoms with Crippen LogP contribution in [0, 0.1) is 5.92 Å². The molecule has 0 aromatic rings. The van der Waals surface area contributed by atoms with E-state index in [2.05, 4.69) is 17.5 Å². The highest BCUT2D eigenvalue weighted by Gasteiger charge is 2.34. The van der Waals surface area contributed by atoms with Gasteiger partial charge in [0.05, 0.1) is 0 Å². The van der Waals surface area contributed by atoms with Gasteiger partial charge in [-0.2, -0.15) is 0 Å². The van der Waals surface area contributed by atoms with Crippen LogP contribution in [0.2, 0.25) is 0 Å². The summed E-state index contributed by atoms with van der Waals surface area (Å²) in [6.07, 6.45) is 10.3. The third kappa shape index (κ3) is 6.08. The third-order valence-electron chi connectivity index (χ3n) is 3.96. The Bertz CT molecular complexity index is 369. The molecule has 1 amide bonds. The zero-order valence-corrected chi connectivity index (χ0v) is 13.7. The van der Waals surface area contributed by atoms with Gasteiger partial charge in [0, 0.05) is 19.1 Å². The van der Waals surface area contributed by atoms with Crippen LogP contribution >= 0.6 is 0 Å². The SMILES string of the molecule is CC(C)(C)OC(=O)N(CCNCC1CC=CCC1)C1CC1. The van der Waals surface area contributed by atoms with Crippen molar-refractivity contribution in [3.8, 4) is 0 Å². The molecule has 0 aromatic heterocycles.